The Hall–Kier alpha value is -1.42. The molecule has 0 aliphatic heterocycles. The normalized spacial score (nSPS) is 23.2. The molecule has 0 aromatic heterocycles. The largest absolute Gasteiger partial charge is 0.314 e. The van der Waals surface area contributed by atoms with E-state index in [0.717, 1.165) is 30.5 Å². The van der Waals surface area contributed by atoms with Gasteiger partial charge in [0.15, 0.2) is 0 Å². The number of benzene rings is 1. The first kappa shape index (κ1) is 12.0. The molecule has 0 saturated heterocycles. The van der Waals surface area contributed by atoms with Crippen LogP contribution in [0.3, 0.4) is 0 Å². The van der Waals surface area contributed by atoms with Gasteiger partial charge < -0.3 is 5.32 Å². The van der Waals surface area contributed by atoms with Gasteiger partial charge in [-0.25, -0.2) is 0 Å². The zero-order valence-electron chi connectivity index (χ0n) is 10.3. The standard InChI is InChI=1S/C13H18N2O2/c1-3-14-12-6-11(7-12)10-5-4-9(2)13(8-10)15(16)17/h4-5,8,11-12,14H,3,6-7H2,1-2H3. The van der Waals surface area contributed by atoms with Crippen LogP contribution in [0.15, 0.2) is 18.2 Å². The van der Waals surface area contributed by atoms with Crippen molar-refractivity contribution in [1.82, 2.24) is 5.32 Å². The highest BCUT2D eigenvalue weighted by atomic mass is 16.6. The average Bonchev–Trinajstić information content (AvgIpc) is 2.24. The van der Waals surface area contributed by atoms with Crippen LogP contribution in [0.5, 0.6) is 0 Å². The molecule has 4 heteroatoms. The van der Waals surface area contributed by atoms with Gasteiger partial charge in [-0.05, 0) is 37.8 Å². The number of hydrogen-bond acceptors (Lipinski definition) is 3. The van der Waals surface area contributed by atoms with E-state index in [0.29, 0.717) is 12.0 Å². The third kappa shape index (κ3) is 2.47. The highest BCUT2D eigenvalue weighted by Crippen LogP contribution is 2.38. The summed E-state index contributed by atoms with van der Waals surface area (Å²) < 4.78 is 0. The first-order valence-corrected chi connectivity index (χ1v) is 6.10. The van der Waals surface area contributed by atoms with Crippen molar-refractivity contribution in [3.05, 3.63) is 39.4 Å². The van der Waals surface area contributed by atoms with Crippen LogP contribution in [0, 0.1) is 17.0 Å². The van der Waals surface area contributed by atoms with Gasteiger partial charge in [0.2, 0.25) is 0 Å². The number of nitrogens with one attached hydrogen (secondary N) is 1. The van der Waals surface area contributed by atoms with Gasteiger partial charge in [-0.15, -0.1) is 0 Å². The summed E-state index contributed by atoms with van der Waals surface area (Å²) in [4.78, 5) is 10.6. The lowest BCUT2D eigenvalue weighted by atomic mass is 9.75. The molecule has 1 aliphatic carbocycles. The van der Waals surface area contributed by atoms with E-state index in [-0.39, 0.29) is 10.6 Å². The van der Waals surface area contributed by atoms with Crippen LogP contribution in [0.25, 0.3) is 0 Å². The summed E-state index contributed by atoms with van der Waals surface area (Å²) in [7, 11) is 0. The first-order valence-electron chi connectivity index (χ1n) is 6.10. The second-order valence-electron chi connectivity index (χ2n) is 4.73. The lowest BCUT2D eigenvalue weighted by Crippen LogP contribution is -2.39. The number of nitro benzene ring substituents is 1. The molecule has 0 spiro atoms. The number of nitro groups is 1. The van der Waals surface area contributed by atoms with Crippen molar-refractivity contribution in [1.29, 1.82) is 0 Å². The van der Waals surface area contributed by atoms with E-state index >= 15 is 0 Å². The maximum absolute atomic E-state index is 10.9. The Balaban J connectivity index is 2.08. The molecule has 0 bridgehead atoms. The fourth-order valence-corrected chi connectivity index (χ4v) is 2.42. The Kier molecular flexibility index (Phi) is 3.43. The highest BCUT2D eigenvalue weighted by molar-refractivity contribution is 5.44. The summed E-state index contributed by atoms with van der Waals surface area (Å²) in [5.41, 5.74) is 2.09. The number of hydrogen-bond donors (Lipinski definition) is 1. The van der Waals surface area contributed by atoms with E-state index in [9.17, 15) is 10.1 Å². The SMILES string of the molecule is CCNC1CC(c2ccc(C)c([N+](=O)[O-])c2)C1. The van der Waals surface area contributed by atoms with Crippen molar-refractivity contribution in [2.24, 2.45) is 0 Å². The lowest BCUT2D eigenvalue weighted by molar-refractivity contribution is -0.385. The molecule has 0 amide bonds. The minimum atomic E-state index is -0.292. The van der Waals surface area contributed by atoms with Gasteiger partial charge in [0.05, 0.1) is 4.92 Å². The van der Waals surface area contributed by atoms with Crippen LogP contribution in [-0.4, -0.2) is 17.5 Å². The van der Waals surface area contributed by atoms with Gasteiger partial charge in [-0.3, -0.25) is 10.1 Å². The minimum Gasteiger partial charge on any atom is -0.314 e. The molecule has 1 aliphatic rings. The summed E-state index contributed by atoms with van der Waals surface area (Å²) in [5.74, 6) is 0.485. The molecule has 1 saturated carbocycles. The third-order valence-electron chi connectivity index (χ3n) is 3.53. The predicted molar refractivity (Wildman–Crippen MR) is 67.3 cm³/mol. The summed E-state index contributed by atoms with van der Waals surface area (Å²) in [5, 5.41) is 14.3. The smallest absolute Gasteiger partial charge is 0.272 e. The van der Waals surface area contributed by atoms with Crippen molar-refractivity contribution in [2.75, 3.05) is 6.54 Å². The molecule has 0 atom stereocenters. The second-order valence-corrected chi connectivity index (χ2v) is 4.73. The van der Waals surface area contributed by atoms with Gasteiger partial charge in [-0.2, -0.15) is 0 Å². The first-order chi connectivity index (χ1) is 8.11. The molecule has 1 N–H and O–H groups in total. The molecule has 2 rings (SSSR count). The van der Waals surface area contributed by atoms with Crippen LogP contribution in [0.4, 0.5) is 5.69 Å². The van der Waals surface area contributed by atoms with E-state index in [1.165, 1.54) is 0 Å². The maximum Gasteiger partial charge on any atom is 0.272 e. The molecule has 0 unspecified atom stereocenters. The molecular weight excluding hydrogens is 216 g/mol. The average molecular weight is 234 g/mol. The molecule has 17 heavy (non-hydrogen) atoms. The van der Waals surface area contributed by atoms with E-state index in [1.54, 1.807) is 13.0 Å². The van der Waals surface area contributed by atoms with Gasteiger partial charge in [0.25, 0.3) is 5.69 Å². The molecule has 1 aromatic carbocycles. The maximum atomic E-state index is 10.9. The predicted octanol–water partition coefficient (Wildman–Crippen LogP) is 2.76. The zero-order valence-corrected chi connectivity index (χ0v) is 10.3. The van der Waals surface area contributed by atoms with Crippen LogP contribution >= 0.6 is 0 Å². The molecule has 4 nitrogen and oxygen atoms in total. The molecular formula is C13H18N2O2. The van der Waals surface area contributed by atoms with Gasteiger partial charge in [0, 0.05) is 17.7 Å². The second kappa shape index (κ2) is 4.84. The van der Waals surface area contributed by atoms with E-state index in [2.05, 4.69) is 12.2 Å². The van der Waals surface area contributed by atoms with E-state index in [4.69, 9.17) is 0 Å². The molecule has 0 heterocycles. The number of nitrogens with zero attached hydrogens (tertiary/aromatic N) is 1. The Morgan fingerprint density at radius 3 is 2.76 bits per heavy atom. The third-order valence-corrected chi connectivity index (χ3v) is 3.53. The van der Waals surface area contributed by atoms with Crippen molar-refractivity contribution >= 4 is 5.69 Å². The molecule has 0 radical (unpaired) electrons. The van der Waals surface area contributed by atoms with E-state index in [1.807, 2.05) is 12.1 Å². The van der Waals surface area contributed by atoms with Gasteiger partial charge in [0.1, 0.15) is 0 Å². The van der Waals surface area contributed by atoms with Crippen LogP contribution in [0.2, 0.25) is 0 Å². The fourth-order valence-electron chi connectivity index (χ4n) is 2.42. The van der Waals surface area contributed by atoms with Gasteiger partial charge >= 0.3 is 0 Å². The molecule has 92 valence electrons. The summed E-state index contributed by atoms with van der Waals surface area (Å²) in [6, 6.07) is 6.20. The van der Waals surface area contributed by atoms with Crippen molar-refractivity contribution in [3.8, 4) is 0 Å². The van der Waals surface area contributed by atoms with Crippen LogP contribution < -0.4 is 5.32 Å². The van der Waals surface area contributed by atoms with Crippen molar-refractivity contribution in [3.63, 3.8) is 0 Å². The Labute approximate surface area is 101 Å². The summed E-state index contributed by atoms with van der Waals surface area (Å²) in [6.45, 7) is 4.87. The summed E-state index contributed by atoms with van der Waals surface area (Å²) in [6.07, 6.45) is 2.18. The molecule has 1 aromatic rings. The topological polar surface area (TPSA) is 55.2 Å². The quantitative estimate of drug-likeness (QED) is 0.643. The minimum absolute atomic E-state index is 0.245. The van der Waals surface area contributed by atoms with Crippen LogP contribution in [0.1, 0.15) is 36.8 Å². The summed E-state index contributed by atoms with van der Waals surface area (Å²) >= 11 is 0. The lowest BCUT2D eigenvalue weighted by Gasteiger charge is -2.36. The zero-order chi connectivity index (χ0) is 12.4. The Morgan fingerprint density at radius 1 is 1.47 bits per heavy atom. The van der Waals surface area contributed by atoms with Crippen LogP contribution in [-0.2, 0) is 0 Å². The fraction of sp³-hybridized carbons (Fsp3) is 0.538. The number of rotatable bonds is 4. The van der Waals surface area contributed by atoms with E-state index < -0.39 is 0 Å². The highest BCUT2D eigenvalue weighted by Gasteiger charge is 2.30. The van der Waals surface area contributed by atoms with Gasteiger partial charge in [-0.1, -0.05) is 19.1 Å². The van der Waals surface area contributed by atoms with Crippen molar-refractivity contribution in [2.45, 2.75) is 38.6 Å². The Bertz CT molecular complexity index is 425. The number of aryl methyl sites for hydroxylation is 1. The monoisotopic (exact) mass is 234 g/mol. The van der Waals surface area contributed by atoms with Crippen molar-refractivity contribution < 1.29 is 4.92 Å². The molecule has 1 fully saturated rings. The Morgan fingerprint density at radius 2 is 2.18 bits per heavy atom.